The van der Waals surface area contributed by atoms with E-state index in [-0.39, 0.29) is 6.04 Å². The molecule has 0 saturated carbocycles. The van der Waals surface area contributed by atoms with Gasteiger partial charge in [-0.1, -0.05) is 47.5 Å². The average Bonchev–Trinajstić information content (AvgIpc) is 2.78. The number of hydrogen-bond donors (Lipinski definition) is 1. The quantitative estimate of drug-likeness (QED) is 0.431. The van der Waals surface area contributed by atoms with E-state index in [0.717, 1.165) is 59.4 Å². The van der Waals surface area contributed by atoms with Gasteiger partial charge in [0.1, 0.15) is 0 Å². The molecule has 0 aliphatic carbocycles. The number of rotatable bonds is 4. The van der Waals surface area contributed by atoms with Crippen molar-refractivity contribution in [1.82, 2.24) is 4.98 Å². The minimum Gasteiger partial charge on any atom is -0.370 e. The highest BCUT2D eigenvalue weighted by Crippen LogP contribution is 2.41. The van der Waals surface area contributed by atoms with Crippen LogP contribution in [0, 0.1) is 6.57 Å². The molecule has 0 atom stereocenters. The maximum absolute atomic E-state index is 7.48. The van der Waals surface area contributed by atoms with Gasteiger partial charge in [-0.15, -0.1) is 0 Å². The molecule has 2 N–H and O–H groups in total. The summed E-state index contributed by atoms with van der Waals surface area (Å²) in [6.45, 7) is 13.1. The van der Waals surface area contributed by atoms with E-state index in [2.05, 4.69) is 26.9 Å². The summed E-state index contributed by atoms with van der Waals surface area (Å²) in [6, 6.07) is 14.0. The molecule has 2 aromatic carbocycles. The van der Waals surface area contributed by atoms with Crippen LogP contribution in [0.5, 0.6) is 0 Å². The highest BCUT2D eigenvalue weighted by Gasteiger charge is 2.27. The molecule has 1 aliphatic rings. The Morgan fingerprint density at radius 3 is 2.09 bits per heavy atom. The maximum Gasteiger partial charge on any atom is 0.252 e. The van der Waals surface area contributed by atoms with Crippen molar-refractivity contribution in [3.63, 3.8) is 0 Å². The largest absolute Gasteiger partial charge is 0.370 e. The zero-order valence-corrected chi connectivity index (χ0v) is 19.8. The molecule has 4 rings (SSSR count). The monoisotopic (exact) mass is 464 g/mol. The van der Waals surface area contributed by atoms with Crippen LogP contribution in [-0.2, 0) is 5.54 Å². The molecule has 1 fully saturated rings. The molecule has 0 spiro atoms. The van der Waals surface area contributed by atoms with Crippen LogP contribution in [0.1, 0.15) is 32.3 Å². The van der Waals surface area contributed by atoms with Gasteiger partial charge < -0.3 is 15.5 Å². The van der Waals surface area contributed by atoms with Crippen LogP contribution >= 0.6 is 23.2 Å². The number of halogens is 2. The molecule has 2 heterocycles. The molecule has 0 amide bonds. The van der Waals surface area contributed by atoms with Gasteiger partial charge in [0.15, 0.2) is 0 Å². The fourth-order valence-electron chi connectivity index (χ4n) is 4.17. The summed E-state index contributed by atoms with van der Waals surface area (Å²) in [6.07, 6.45) is 5.67. The van der Waals surface area contributed by atoms with Crippen LogP contribution < -0.4 is 10.6 Å². The van der Waals surface area contributed by atoms with E-state index in [9.17, 15) is 0 Å². The van der Waals surface area contributed by atoms with Crippen molar-refractivity contribution in [3.8, 4) is 22.3 Å². The van der Waals surface area contributed by atoms with Crippen LogP contribution in [0.4, 0.5) is 5.69 Å². The van der Waals surface area contributed by atoms with Crippen LogP contribution in [0.3, 0.4) is 0 Å². The summed E-state index contributed by atoms with van der Waals surface area (Å²) in [5.41, 5.74) is 11.8. The lowest BCUT2D eigenvalue weighted by Crippen LogP contribution is -2.40. The summed E-state index contributed by atoms with van der Waals surface area (Å²) in [7, 11) is 0. The Balaban J connectivity index is 1.86. The molecule has 6 heteroatoms. The lowest BCUT2D eigenvalue weighted by molar-refractivity contribution is 0.501. The van der Waals surface area contributed by atoms with E-state index in [1.165, 1.54) is 0 Å². The van der Waals surface area contributed by atoms with Crippen molar-refractivity contribution in [2.45, 2.75) is 38.3 Å². The zero-order valence-electron chi connectivity index (χ0n) is 18.3. The van der Waals surface area contributed by atoms with Gasteiger partial charge in [0, 0.05) is 72.1 Å². The van der Waals surface area contributed by atoms with Gasteiger partial charge in [-0.05, 0) is 42.2 Å². The fourth-order valence-corrected chi connectivity index (χ4v) is 4.70. The summed E-state index contributed by atoms with van der Waals surface area (Å²) in [5.74, 6) is 0. The van der Waals surface area contributed by atoms with E-state index in [4.69, 9.17) is 35.5 Å². The van der Waals surface area contributed by atoms with Gasteiger partial charge in [-0.25, -0.2) is 6.57 Å². The Morgan fingerprint density at radius 2 is 1.53 bits per heavy atom. The number of nitrogens with two attached hydrogens (primary N) is 1. The van der Waals surface area contributed by atoms with Crippen LogP contribution in [-0.4, -0.2) is 24.1 Å². The number of hydrogen-bond acceptors (Lipinski definition) is 3. The van der Waals surface area contributed by atoms with E-state index in [1.807, 2.05) is 50.5 Å². The Kier molecular flexibility index (Phi) is 6.44. The molecule has 164 valence electrons. The number of benzene rings is 2. The van der Waals surface area contributed by atoms with Gasteiger partial charge >= 0.3 is 0 Å². The van der Waals surface area contributed by atoms with Crippen molar-refractivity contribution in [1.29, 1.82) is 0 Å². The summed E-state index contributed by atoms with van der Waals surface area (Å²) in [5, 5.41) is 1.19. The molecule has 3 aromatic rings. The van der Waals surface area contributed by atoms with E-state index < -0.39 is 5.54 Å². The van der Waals surface area contributed by atoms with Crippen LogP contribution in [0.2, 0.25) is 10.0 Å². The molecule has 0 unspecified atom stereocenters. The number of aromatic nitrogens is 1. The van der Waals surface area contributed by atoms with Crippen molar-refractivity contribution in [3.05, 3.63) is 81.9 Å². The molecular formula is C26H26Cl2N4. The van der Waals surface area contributed by atoms with Gasteiger partial charge in [0.05, 0.1) is 5.69 Å². The highest BCUT2D eigenvalue weighted by molar-refractivity contribution is 6.35. The zero-order chi connectivity index (χ0) is 22.9. The van der Waals surface area contributed by atoms with E-state index in [0.29, 0.717) is 10.0 Å². The predicted molar refractivity (Wildman–Crippen MR) is 134 cm³/mol. The second kappa shape index (κ2) is 9.11. The Morgan fingerprint density at radius 1 is 0.969 bits per heavy atom. The first-order chi connectivity index (χ1) is 15.3. The maximum atomic E-state index is 7.48. The van der Waals surface area contributed by atoms with Crippen molar-refractivity contribution >= 4 is 28.9 Å². The van der Waals surface area contributed by atoms with Gasteiger partial charge in [0.2, 0.25) is 0 Å². The smallest absolute Gasteiger partial charge is 0.252 e. The minimum absolute atomic E-state index is 0.232. The average molecular weight is 465 g/mol. The molecule has 1 aromatic heterocycles. The normalized spacial score (nSPS) is 14.9. The van der Waals surface area contributed by atoms with Crippen molar-refractivity contribution in [2.75, 3.05) is 18.0 Å². The van der Waals surface area contributed by atoms with Gasteiger partial charge in [-0.2, -0.15) is 0 Å². The third-order valence-electron chi connectivity index (χ3n) is 6.13. The first kappa shape index (κ1) is 22.6. The topological polar surface area (TPSA) is 46.5 Å². The molecule has 0 bridgehead atoms. The Hall–Kier alpha value is -2.58. The second-order valence-corrected chi connectivity index (χ2v) is 9.69. The first-order valence-electron chi connectivity index (χ1n) is 10.7. The van der Waals surface area contributed by atoms with E-state index >= 15 is 0 Å². The predicted octanol–water partition coefficient (Wildman–Crippen LogP) is 6.80. The lowest BCUT2D eigenvalue weighted by atomic mass is 9.91. The van der Waals surface area contributed by atoms with Crippen LogP contribution in [0.25, 0.3) is 27.1 Å². The number of piperidine rings is 1. The standard InChI is InChI=1S/C26H26Cl2N4/c1-26(2,30-3)19-6-4-17(5-7-19)23-15-31-16-24(18-12-20(27)14-21(28)13-18)25(23)32-10-8-22(29)9-11-32/h4-7,12-16,22H,8-11,29H2,1-2H3. The third-order valence-corrected chi connectivity index (χ3v) is 6.57. The number of anilines is 1. The lowest BCUT2D eigenvalue weighted by Gasteiger charge is -2.35. The highest BCUT2D eigenvalue weighted by atomic mass is 35.5. The Labute approximate surface area is 199 Å². The SMILES string of the molecule is [C-]#[N+]C(C)(C)c1ccc(-c2cncc(-c3cc(Cl)cc(Cl)c3)c2N2CCC(N)CC2)cc1. The molecule has 1 saturated heterocycles. The molecule has 4 nitrogen and oxygen atoms in total. The van der Waals surface area contributed by atoms with E-state index in [1.54, 1.807) is 6.07 Å². The second-order valence-electron chi connectivity index (χ2n) is 8.81. The molecule has 32 heavy (non-hydrogen) atoms. The third kappa shape index (κ3) is 4.61. The van der Waals surface area contributed by atoms with Gasteiger partial charge in [-0.3, -0.25) is 4.98 Å². The Bertz CT molecular complexity index is 1140. The molecule has 0 radical (unpaired) electrons. The van der Waals surface area contributed by atoms with Crippen LogP contribution in [0.15, 0.2) is 54.9 Å². The molecule has 1 aliphatic heterocycles. The van der Waals surface area contributed by atoms with Crippen molar-refractivity contribution in [2.24, 2.45) is 5.73 Å². The first-order valence-corrected chi connectivity index (χ1v) is 11.5. The van der Waals surface area contributed by atoms with Gasteiger partial charge in [0.25, 0.3) is 5.54 Å². The summed E-state index contributed by atoms with van der Waals surface area (Å²) in [4.78, 5) is 10.7. The number of nitrogens with zero attached hydrogens (tertiary/aromatic N) is 3. The van der Waals surface area contributed by atoms with Crippen molar-refractivity contribution < 1.29 is 0 Å². The fraction of sp³-hybridized carbons (Fsp3) is 0.308. The summed E-state index contributed by atoms with van der Waals surface area (Å²) < 4.78 is 0. The summed E-state index contributed by atoms with van der Waals surface area (Å²) >= 11 is 12.7. The molecular weight excluding hydrogens is 439 g/mol. The number of pyridine rings is 1. The minimum atomic E-state index is -0.554.